The number of nitrogens with one attached hydrogen (secondary N) is 1. The Hall–Kier alpha value is 0.430. The summed E-state index contributed by atoms with van der Waals surface area (Å²) in [6.07, 6.45) is 19.9. The second-order valence-corrected chi connectivity index (χ2v) is 7.75. The van der Waals surface area contributed by atoms with Crippen LogP contribution in [0.4, 0.5) is 0 Å². The number of carboxylic acids is 1. The molecule has 0 rings (SSSR count). The summed E-state index contributed by atoms with van der Waals surface area (Å²) < 4.78 is 0. The Morgan fingerprint density at radius 3 is 1.54 bits per heavy atom. The van der Waals surface area contributed by atoms with Gasteiger partial charge in [0.2, 0.25) is 0 Å². The molecule has 0 aromatic heterocycles. The van der Waals surface area contributed by atoms with Gasteiger partial charge in [-0.25, -0.2) is 0 Å². The predicted octanol–water partition coefficient (Wildman–Crippen LogP) is 3.67. The smallest absolute Gasteiger partial charge is 1.00 e. The molecular formula is C22H46NNaO2. The summed E-state index contributed by atoms with van der Waals surface area (Å²) in [6.45, 7) is 7.17. The molecule has 0 aliphatic heterocycles. The molecule has 0 aliphatic rings. The van der Waals surface area contributed by atoms with E-state index < -0.39 is 5.97 Å². The Labute approximate surface area is 187 Å². The number of unbranched alkanes of at least 4 members (excludes halogenated alkanes) is 13. The van der Waals surface area contributed by atoms with Crippen LogP contribution in [0.1, 0.15) is 119 Å². The molecule has 152 valence electrons. The Bertz CT molecular complexity index is 306. The van der Waals surface area contributed by atoms with Gasteiger partial charge in [-0.05, 0) is 18.9 Å². The summed E-state index contributed by atoms with van der Waals surface area (Å²) in [5.74, 6) is -0.510. The van der Waals surface area contributed by atoms with Crippen molar-refractivity contribution in [3.05, 3.63) is 0 Å². The second-order valence-electron chi connectivity index (χ2n) is 7.75. The molecule has 0 heterocycles. The number of hydrogen-bond acceptors (Lipinski definition) is 2. The zero-order valence-electron chi connectivity index (χ0n) is 19.3. The van der Waals surface area contributed by atoms with Gasteiger partial charge < -0.3 is 11.8 Å². The summed E-state index contributed by atoms with van der Waals surface area (Å²) in [5, 5.41) is 12.4. The molecule has 0 aromatic carbocycles. The molecule has 0 aliphatic carbocycles. The largest absolute Gasteiger partial charge is 1.00 e. The van der Waals surface area contributed by atoms with Gasteiger partial charge in [-0.15, -0.1) is 0 Å². The van der Waals surface area contributed by atoms with Gasteiger partial charge in [-0.3, -0.25) is 4.79 Å². The van der Waals surface area contributed by atoms with Crippen molar-refractivity contribution in [3.63, 3.8) is 0 Å². The second kappa shape index (κ2) is 21.7. The van der Waals surface area contributed by atoms with Gasteiger partial charge in [0, 0.05) is 0 Å². The zero-order chi connectivity index (χ0) is 18.8. The van der Waals surface area contributed by atoms with Crippen molar-refractivity contribution in [1.82, 2.24) is 5.32 Å². The molecule has 0 amide bonds. The molecule has 26 heavy (non-hydrogen) atoms. The van der Waals surface area contributed by atoms with E-state index in [1.165, 1.54) is 83.5 Å². The number of hydrogen-bond donors (Lipinski definition) is 2. The van der Waals surface area contributed by atoms with Crippen LogP contribution in [-0.4, -0.2) is 23.7 Å². The first-order chi connectivity index (χ1) is 12.1. The Kier molecular flexibility index (Phi) is 23.9. The minimum Gasteiger partial charge on any atom is -1.00 e. The van der Waals surface area contributed by atoms with Gasteiger partial charge in [0.1, 0.15) is 6.04 Å². The van der Waals surface area contributed by atoms with Crippen LogP contribution in [-0.2, 0) is 4.79 Å². The van der Waals surface area contributed by atoms with E-state index in [0.29, 0.717) is 0 Å². The quantitative estimate of drug-likeness (QED) is 0.266. The SMILES string of the molecule is CCCCCCCCCCCCCCCCNC(C(=O)O)C(C)CC.[H-].[Na+]. The van der Waals surface area contributed by atoms with Gasteiger partial charge in [0.25, 0.3) is 0 Å². The first-order valence-corrected chi connectivity index (χ1v) is 11.1. The maximum atomic E-state index is 11.2. The number of rotatable bonds is 19. The van der Waals surface area contributed by atoms with E-state index in [-0.39, 0.29) is 42.9 Å². The van der Waals surface area contributed by atoms with E-state index in [0.717, 1.165) is 19.4 Å². The summed E-state index contributed by atoms with van der Waals surface area (Å²) in [4.78, 5) is 11.2. The first kappa shape index (κ1) is 28.6. The Morgan fingerprint density at radius 1 is 0.808 bits per heavy atom. The van der Waals surface area contributed by atoms with E-state index in [1.807, 2.05) is 6.92 Å². The average molecular weight is 380 g/mol. The fourth-order valence-corrected chi connectivity index (χ4v) is 3.34. The van der Waals surface area contributed by atoms with Crippen LogP contribution in [0.25, 0.3) is 0 Å². The van der Waals surface area contributed by atoms with Gasteiger partial charge in [0.05, 0.1) is 0 Å². The van der Waals surface area contributed by atoms with Gasteiger partial charge in [-0.2, -0.15) is 0 Å². The van der Waals surface area contributed by atoms with Crippen LogP contribution in [0, 0.1) is 5.92 Å². The van der Waals surface area contributed by atoms with Crippen LogP contribution < -0.4 is 34.9 Å². The predicted molar refractivity (Wildman–Crippen MR) is 110 cm³/mol. The molecule has 2 atom stereocenters. The summed E-state index contributed by atoms with van der Waals surface area (Å²) in [7, 11) is 0. The van der Waals surface area contributed by atoms with Gasteiger partial charge in [-0.1, -0.05) is 111 Å². The number of carboxylic acid groups (broad SMARTS) is 1. The standard InChI is InChI=1S/C22H45NO2.Na.H/c1-4-6-7-8-9-10-11-12-13-14-15-16-17-18-19-23-21(22(24)25)20(3)5-2;;/h20-21,23H,4-19H2,1-3H3,(H,24,25);;/q;+1;-1. The van der Waals surface area contributed by atoms with Crippen molar-refractivity contribution in [1.29, 1.82) is 0 Å². The molecule has 0 saturated carbocycles. The summed E-state index contributed by atoms with van der Waals surface area (Å²) >= 11 is 0. The molecular weight excluding hydrogens is 333 g/mol. The Morgan fingerprint density at radius 2 is 1.19 bits per heavy atom. The molecule has 0 bridgehead atoms. The minimum atomic E-state index is -0.709. The molecule has 4 heteroatoms. The molecule has 2 N–H and O–H groups in total. The van der Waals surface area contributed by atoms with Crippen LogP contribution in [0.5, 0.6) is 0 Å². The molecule has 3 nitrogen and oxygen atoms in total. The summed E-state index contributed by atoms with van der Waals surface area (Å²) in [5.41, 5.74) is 0. The van der Waals surface area contributed by atoms with Crippen molar-refractivity contribution >= 4 is 5.97 Å². The normalized spacial score (nSPS) is 13.2. The van der Waals surface area contributed by atoms with Crippen molar-refractivity contribution in [2.24, 2.45) is 5.92 Å². The molecule has 0 saturated heterocycles. The topological polar surface area (TPSA) is 49.3 Å². The van der Waals surface area contributed by atoms with Crippen LogP contribution in [0.2, 0.25) is 0 Å². The van der Waals surface area contributed by atoms with E-state index in [1.54, 1.807) is 0 Å². The minimum absolute atomic E-state index is 0. The summed E-state index contributed by atoms with van der Waals surface area (Å²) in [6, 6.07) is -0.382. The van der Waals surface area contributed by atoms with E-state index in [2.05, 4.69) is 19.2 Å². The van der Waals surface area contributed by atoms with E-state index in [9.17, 15) is 9.90 Å². The third-order valence-corrected chi connectivity index (χ3v) is 5.37. The van der Waals surface area contributed by atoms with Crippen molar-refractivity contribution in [2.45, 2.75) is 123 Å². The third-order valence-electron chi connectivity index (χ3n) is 5.37. The number of aliphatic carboxylic acids is 1. The van der Waals surface area contributed by atoms with Crippen LogP contribution in [0.3, 0.4) is 0 Å². The monoisotopic (exact) mass is 379 g/mol. The van der Waals surface area contributed by atoms with Crippen molar-refractivity contribution in [3.8, 4) is 0 Å². The fraction of sp³-hybridized carbons (Fsp3) is 0.955. The average Bonchev–Trinajstić information content (AvgIpc) is 2.60. The number of carbonyl (C=O) groups is 1. The molecule has 0 fully saturated rings. The van der Waals surface area contributed by atoms with Gasteiger partial charge in [0.15, 0.2) is 0 Å². The molecule has 0 spiro atoms. The zero-order valence-corrected chi connectivity index (χ0v) is 20.3. The van der Waals surface area contributed by atoms with Crippen molar-refractivity contribution in [2.75, 3.05) is 6.54 Å². The fourth-order valence-electron chi connectivity index (χ4n) is 3.34. The van der Waals surface area contributed by atoms with Gasteiger partial charge >= 0.3 is 35.5 Å². The van der Waals surface area contributed by atoms with Crippen LogP contribution in [0.15, 0.2) is 0 Å². The van der Waals surface area contributed by atoms with E-state index in [4.69, 9.17) is 0 Å². The van der Waals surface area contributed by atoms with Crippen LogP contribution >= 0.6 is 0 Å². The first-order valence-electron chi connectivity index (χ1n) is 11.1. The maximum Gasteiger partial charge on any atom is 1.00 e. The third kappa shape index (κ3) is 17.8. The molecule has 0 aromatic rings. The maximum absolute atomic E-state index is 11.2. The van der Waals surface area contributed by atoms with Crippen molar-refractivity contribution < 1.29 is 40.9 Å². The molecule has 0 radical (unpaired) electrons. The Balaban J connectivity index is -0.00000288. The molecule has 2 unspecified atom stereocenters. The van der Waals surface area contributed by atoms with E-state index >= 15 is 0 Å².